The van der Waals surface area contributed by atoms with Gasteiger partial charge in [-0.15, -0.1) is 5.10 Å². The fourth-order valence-corrected chi connectivity index (χ4v) is 2.95. The van der Waals surface area contributed by atoms with E-state index in [0.29, 0.717) is 12.3 Å². The Hall–Kier alpha value is -4.00. The van der Waals surface area contributed by atoms with Crippen molar-refractivity contribution in [1.82, 2.24) is 20.4 Å². The zero-order valence-electron chi connectivity index (χ0n) is 16.5. The summed E-state index contributed by atoms with van der Waals surface area (Å²) in [5.41, 5.74) is 6.83. The maximum Gasteiger partial charge on any atom is 0.261 e. The fraction of sp³-hybridized carbons (Fsp3) is 0.130. The van der Waals surface area contributed by atoms with Crippen LogP contribution in [0.3, 0.4) is 0 Å². The Morgan fingerprint density at radius 2 is 1.73 bits per heavy atom. The molecule has 3 aromatic carbocycles. The smallest absolute Gasteiger partial charge is 0.261 e. The normalized spacial score (nSPS) is 11.4. The lowest BCUT2D eigenvalue weighted by Crippen LogP contribution is -2.24. The molecule has 0 unspecified atom stereocenters. The van der Waals surface area contributed by atoms with Crippen molar-refractivity contribution in [2.45, 2.75) is 20.1 Å². The lowest BCUT2D eigenvalue weighted by atomic mass is 10.1. The summed E-state index contributed by atoms with van der Waals surface area (Å²) in [5, 5.41) is 12.2. The summed E-state index contributed by atoms with van der Waals surface area (Å²) in [4.78, 5) is 12.2. The standard InChI is InChI=1S/C23H21N5O2/c1-17(19-11-13-20(14-12-19)30-16-18-7-3-2-4-8-18)24-26-23(29)15-28-22-10-6-5-9-21(22)25-27-28/h2-14H,15-16H2,1H3,(H,26,29)/b24-17+. The zero-order valence-corrected chi connectivity index (χ0v) is 16.5. The number of fused-ring (bicyclic) bond motifs is 1. The van der Waals surface area contributed by atoms with Crippen molar-refractivity contribution in [3.05, 3.63) is 90.0 Å². The van der Waals surface area contributed by atoms with Crippen molar-refractivity contribution in [3.63, 3.8) is 0 Å². The van der Waals surface area contributed by atoms with Gasteiger partial charge < -0.3 is 4.74 Å². The molecule has 0 fully saturated rings. The number of nitrogens with one attached hydrogen (secondary N) is 1. The van der Waals surface area contributed by atoms with Crippen molar-refractivity contribution in [2.24, 2.45) is 5.10 Å². The van der Waals surface area contributed by atoms with Gasteiger partial charge in [0, 0.05) is 0 Å². The first-order chi connectivity index (χ1) is 14.7. The van der Waals surface area contributed by atoms with Gasteiger partial charge in [-0.1, -0.05) is 47.7 Å². The third kappa shape index (κ3) is 4.70. The summed E-state index contributed by atoms with van der Waals surface area (Å²) in [6.07, 6.45) is 0. The van der Waals surface area contributed by atoms with Gasteiger partial charge in [0.1, 0.15) is 24.4 Å². The Morgan fingerprint density at radius 1 is 1.00 bits per heavy atom. The highest BCUT2D eigenvalue weighted by Crippen LogP contribution is 2.15. The van der Waals surface area contributed by atoms with Crippen LogP contribution in [-0.2, 0) is 17.9 Å². The number of benzene rings is 3. The summed E-state index contributed by atoms with van der Waals surface area (Å²) in [6.45, 7) is 2.40. The molecule has 30 heavy (non-hydrogen) atoms. The minimum atomic E-state index is -0.271. The second-order valence-corrected chi connectivity index (χ2v) is 6.77. The zero-order chi connectivity index (χ0) is 20.8. The van der Waals surface area contributed by atoms with Crippen LogP contribution in [0.2, 0.25) is 0 Å². The van der Waals surface area contributed by atoms with Crippen LogP contribution in [0.15, 0.2) is 84.0 Å². The maximum absolute atomic E-state index is 12.2. The van der Waals surface area contributed by atoms with E-state index in [-0.39, 0.29) is 12.5 Å². The van der Waals surface area contributed by atoms with Gasteiger partial charge in [0.05, 0.1) is 11.2 Å². The summed E-state index contributed by atoms with van der Waals surface area (Å²) in [6, 6.07) is 25.1. The molecule has 4 rings (SSSR count). The molecule has 0 spiro atoms. The predicted octanol–water partition coefficient (Wildman–Crippen LogP) is 3.55. The molecule has 1 aromatic heterocycles. The quantitative estimate of drug-likeness (QED) is 0.381. The molecule has 4 aromatic rings. The Morgan fingerprint density at radius 3 is 2.53 bits per heavy atom. The van der Waals surface area contributed by atoms with Gasteiger partial charge in [0.2, 0.25) is 0 Å². The van der Waals surface area contributed by atoms with E-state index < -0.39 is 0 Å². The number of amides is 1. The summed E-state index contributed by atoms with van der Waals surface area (Å²) >= 11 is 0. The number of carbonyl (C=O) groups is 1. The molecule has 1 amide bonds. The average molecular weight is 399 g/mol. The van der Waals surface area contributed by atoms with Crippen LogP contribution in [0.25, 0.3) is 11.0 Å². The highest BCUT2D eigenvalue weighted by molar-refractivity contribution is 5.99. The van der Waals surface area contributed by atoms with Crippen molar-refractivity contribution in [2.75, 3.05) is 0 Å². The predicted molar refractivity (Wildman–Crippen MR) is 115 cm³/mol. The number of hydrogen-bond acceptors (Lipinski definition) is 5. The lowest BCUT2D eigenvalue weighted by Gasteiger charge is -2.08. The largest absolute Gasteiger partial charge is 0.489 e. The minimum Gasteiger partial charge on any atom is -0.489 e. The Balaban J connectivity index is 1.33. The van der Waals surface area contributed by atoms with E-state index >= 15 is 0 Å². The van der Waals surface area contributed by atoms with Gasteiger partial charge in [-0.25, -0.2) is 10.1 Å². The Bertz CT molecular complexity index is 1170. The van der Waals surface area contributed by atoms with Gasteiger partial charge >= 0.3 is 0 Å². The molecule has 7 nitrogen and oxygen atoms in total. The first-order valence-corrected chi connectivity index (χ1v) is 9.57. The van der Waals surface area contributed by atoms with Crippen molar-refractivity contribution in [3.8, 4) is 5.75 Å². The molecule has 7 heteroatoms. The number of hydrazone groups is 1. The topological polar surface area (TPSA) is 81.4 Å². The lowest BCUT2D eigenvalue weighted by molar-refractivity contribution is -0.121. The third-order valence-electron chi connectivity index (χ3n) is 4.58. The van der Waals surface area contributed by atoms with Crippen molar-refractivity contribution in [1.29, 1.82) is 0 Å². The van der Waals surface area contributed by atoms with Gasteiger partial charge in [0.25, 0.3) is 5.91 Å². The second-order valence-electron chi connectivity index (χ2n) is 6.77. The molecule has 0 radical (unpaired) electrons. The highest BCUT2D eigenvalue weighted by atomic mass is 16.5. The molecule has 1 N–H and O–H groups in total. The highest BCUT2D eigenvalue weighted by Gasteiger charge is 2.08. The third-order valence-corrected chi connectivity index (χ3v) is 4.58. The van der Waals surface area contributed by atoms with E-state index in [1.54, 1.807) is 4.68 Å². The second kappa shape index (κ2) is 9.00. The molecule has 0 saturated heterocycles. The van der Waals surface area contributed by atoms with E-state index in [2.05, 4.69) is 20.8 Å². The van der Waals surface area contributed by atoms with E-state index in [9.17, 15) is 4.79 Å². The number of aromatic nitrogens is 3. The summed E-state index contributed by atoms with van der Waals surface area (Å²) in [7, 11) is 0. The number of nitrogens with zero attached hydrogens (tertiary/aromatic N) is 4. The van der Waals surface area contributed by atoms with Crippen LogP contribution in [-0.4, -0.2) is 26.6 Å². The van der Waals surface area contributed by atoms with Gasteiger partial charge in [-0.05, 0) is 54.4 Å². The maximum atomic E-state index is 12.2. The molecule has 0 saturated carbocycles. The average Bonchev–Trinajstić information content (AvgIpc) is 3.20. The Labute approximate surface area is 174 Å². The molecular weight excluding hydrogens is 378 g/mol. The number of rotatable bonds is 7. The van der Waals surface area contributed by atoms with Crippen LogP contribution >= 0.6 is 0 Å². The van der Waals surface area contributed by atoms with E-state index in [1.165, 1.54) is 0 Å². The van der Waals surface area contributed by atoms with Crippen LogP contribution < -0.4 is 10.2 Å². The van der Waals surface area contributed by atoms with Crippen LogP contribution in [0.4, 0.5) is 0 Å². The van der Waals surface area contributed by atoms with Crippen LogP contribution in [0.1, 0.15) is 18.1 Å². The van der Waals surface area contributed by atoms with E-state index in [1.807, 2.05) is 85.8 Å². The monoisotopic (exact) mass is 399 g/mol. The summed E-state index contributed by atoms with van der Waals surface area (Å²) in [5.74, 6) is 0.505. The van der Waals surface area contributed by atoms with Crippen molar-refractivity contribution >= 4 is 22.7 Å². The van der Waals surface area contributed by atoms with Gasteiger partial charge in [0.15, 0.2) is 0 Å². The molecule has 150 valence electrons. The van der Waals surface area contributed by atoms with E-state index in [0.717, 1.165) is 27.9 Å². The SMILES string of the molecule is C/C(=N\NC(=O)Cn1nnc2ccccc21)c1ccc(OCc2ccccc2)cc1. The molecule has 0 aliphatic heterocycles. The van der Waals surface area contributed by atoms with Crippen LogP contribution in [0.5, 0.6) is 5.75 Å². The number of hydrogen-bond donors (Lipinski definition) is 1. The number of para-hydroxylation sites is 1. The minimum absolute atomic E-state index is 0.0452. The van der Waals surface area contributed by atoms with Crippen molar-refractivity contribution < 1.29 is 9.53 Å². The molecule has 0 bridgehead atoms. The molecule has 0 aliphatic carbocycles. The number of carbonyl (C=O) groups excluding carboxylic acids is 1. The first-order valence-electron chi connectivity index (χ1n) is 9.57. The number of ether oxygens (including phenoxy) is 1. The summed E-state index contributed by atoms with van der Waals surface area (Å²) < 4.78 is 7.34. The van der Waals surface area contributed by atoms with E-state index in [4.69, 9.17) is 4.74 Å². The molecule has 1 heterocycles. The first kappa shape index (κ1) is 19.3. The van der Waals surface area contributed by atoms with Crippen LogP contribution in [0, 0.1) is 0 Å². The van der Waals surface area contributed by atoms with Gasteiger partial charge in [-0.3, -0.25) is 4.79 Å². The molecular formula is C23H21N5O2. The molecule has 0 aliphatic rings. The molecule has 0 atom stereocenters. The van der Waals surface area contributed by atoms with Gasteiger partial charge in [-0.2, -0.15) is 5.10 Å². The Kier molecular flexibility index (Phi) is 5.80. The fourth-order valence-electron chi connectivity index (χ4n) is 2.95.